The van der Waals surface area contributed by atoms with Crippen LogP contribution in [0.5, 0.6) is 0 Å². The molecular formula is C19H17N3S. The minimum atomic E-state index is -0.148. The molecular weight excluding hydrogens is 302 g/mol. The summed E-state index contributed by atoms with van der Waals surface area (Å²) >= 11 is 1.48. The van der Waals surface area contributed by atoms with E-state index in [0.717, 1.165) is 22.1 Å². The van der Waals surface area contributed by atoms with Gasteiger partial charge in [0, 0.05) is 11.3 Å². The van der Waals surface area contributed by atoms with Crippen LogP contribution in [0.15, 0.2) is 66.0 Å². The van der Waals surface area contributed by atoms with E-state index in [1.807, 2.05) is 31.3 Å². The van der Waals surface area contributed by atoms with Crippen molar-refractivity contribution in [1.29, 1.82) is 5.26 Å². The van der Waals surface area contributed by atoms with Gasteiger partial charge in [-0.25, -0.2) is 4.98 Å². The van der Waals surface area contributed by atoms with Gasteiger partial charge in [0.15, 0.2) is 5.16 Å². The summed E-state index contributed by atoms with van der Waals surface area (Å²) in [6, 6.07) is 20.8. The third-order valence-corrected chi connectivity index (χ3v) is 4.51. The van der Waals surface area contributed by atoms with Gasteiger partial charge in [-0.1, -0.05) is 59.8 Å². The fourth-order valence-electron chi connectivity index (χ4n) is 2.36. The first-order valence-electron chi connectivity index (χ1n) is 7.45. The van der Waals surface area contributed by atoms with Crippen molar-refractivity contribution in [1.82, 2.24) is 9.55 Å². The second kappa shape index (κ2) is 6.72. The first-order valence-corrected chi connectivity index (χ1v) is 8.33. The number of hydrogen-bond acceptors (Lipinski definition) is 3. The number of rotatable bonds is 4. The van der Waals surface area contributed by atoms with E-state index < -0.39 is 0 Å². The zero-order valence-electron chi connectivity index (χ0n) is 13.1. The Morgan fingerprint density at radius 1 is 1.09 bits per heavy atom. The molecule has 0 fully saturated rings. The van der Waals surface area contributed by atoms with E-state index in [9.17, 15) is 0 Å². The Morgan fingerprint density at radius 3 is 2.43 bits per heavy atom. The number of benzene rings is 2. The van der Waals surface area contributed by atoms with Crippen LogP contribution in [0.4, 0.5) is 0 Å². The van der Waals surface area contributed by atoms with Crippen molar-refractivity contribution in [3.63, 3.8) is 0 Å². The maximum Gasteiger partial charge on any atom is 0.174 e. The molecule has 0 spiro atoms. The lowest BCUT2D eigenvalue weighted by molar-refractivity contribution is 0.897. The fraction of sp³-hybridized carbons (Fsp3) is 0.158. The van der Waals surface area contributed by atoms with Gasteiger partial charge in [-0.15, -0.1) is 0 Å². The molecule has 0 aliphatic carbocycles. The molecule has 1 heterocycles. The van der Waals surface area contributed by atoms with Crippen LogP contribution in [-0.2, 0) is 0 Å². The summed E-state index contributed by atoms with van der Waals surface area (Å²) in [7, 11) is 0. The lowest BCUT2D eigenvalue weighted by Crippen LogP contribution is -2.01. The Kier molecular flexibility index (Phi) is 4.50. The minimum absolute atomic E-state index is 0.148. The van der Waals surface area contributed by atoms with E-state index in [1.54, 1.807) is 0 Å². The number of imidazole rings is 1. The Balaban J connectivity index is 2.14. The molecule has 3 aromatic rings. The largest absolute Gasteiger partial charge is 0.287 e. The number of aryl methyl sites for hydroxylation is 1. The molecule has 1 atom stereocenters. The van der Waals surface area contributed by atoms with Crippen molar-refractivity contribution in [2.45, 2.75) is 24.3 Å². The molecule has 114 valence electrons. The van der Waals surface area contributed by atoms with Gasteiger partial charge in [0.1, 0.15) is 0 Å². The standard InChI is InChI=1S/C19H17N3S/c1-14-8-10-17(11-9-14)22-18(16-6-4-3-5-7-16)13-21-19(22)23-15(2)12-20/h3-11,13,15H,1-2H3. The molecule has 2 aromatic carbocycles. The molecule has 1 aromatic heterocycles. The molecule has 0 saturated carbocycles. The van der Waals surface area contributed by atoms with E-state index in [4.69, 9.17) is 5.26 Å². The molecule has 3 rings (SSSR count). The van der Waals surface area contributed by atoms with Gasteiger partial charge in [-0.2, -0.15) is 5.26 Å². The van der Waals surface area contributed by atoms with Gasteiger partial charge >= 0.3 is 0 Å². The predicted octanol–water partition coefficient (Wildman–Crippen LogP) is 4.85. The maximum atomic E-state index is 9.11. The van der Waals surface area contributed by atoms with Gasteiger partial charge in [0.2, 0.25) is 0 Å². The van der Waals surface area contributed by atoms with Gasteiger partial charge < -0.3 is 0 Å². The summed E-state index contributed by atoms with van der Waals surface area (Å²) in [6.45, 7) is 3.96. The average Bonchev–Trinajstić information content (AvgIpc) is 3.00. The summed E-state index contributed by atoms with van der Waals surface area (Å²) in [4.78, 5) is 4.55. The van der Waals surface area contributed by atoms with Crippen molar-refractivity contribution >= 4 is 11.8 Å². The Hall–Kier alpha value is -2.51. The van der Waals surface area contributed by atoms with Crippen LogP contribution in [0.1, 0.15) is 12.5 Å². The Labute approximate surface area is 140 Å². The predicted molar refractivity (Wildman–Crippen MR) is 94.7 cm³/mol. The summed E-state index contributed by atoms with van der Waals surface area (Å²) in [5, 5.41) is 9.80. The van der Waals surface area contributed by atoms with Crippen molar-refractivity contribution in [3.05, 3.63) is 66.4 Å². The summed E-state index contributed by atoms with van der Waals surface area (Å²) in [6.07, 6.45) is 1.88. The van der Waals surface area contributed by atoms with Gasteiger partial charge in [0.05, 0.1) is 23.2 Å². The van der Waals surface area contributed by atoms with Crippen LogP contribution in [0.25, 0.3) is 16.9 Å². The lowest BCUT2D eigenvalue weighted by Gasteiger charge is -2.13. The highest BCUT2D eigenvalue weighted by molar-refractivity contribution is 8.00. The quantitative estimate of drug-likeness (QED) is 0.645. The van der Waals surface area contributed by atoms with E-state index in [2.05, 4.69) is 58.9 Å². The summed E-state index contributed by atoms with van der Waals surface area (Å²) < 4.78 is 2.12. The third-order valence-electron chi connectivity index (χ3n) is 3.56. The molecule has 0 amide bonds. The first kappa shape index (κ1) is 15.4. The van der Waals surface area contributed by atoms with Crippen LogP contribution in [-0.4, -0.2) is 14.8 Å². The molecule has 0 N–H and O–H groups in total. The van der Waals surface area contributed by atoms with Crippen LogP contribution < -0.4 is 0 Å². The SMILES string of the molecule is Cc1ccc(-n2c(-c3ccccc3)cnc2SC(C)C#N)cc1. The summed E-state index contributed by atoms with van der Waals surface area (Å²) in [5.41, 5.74) is 4.41. The van der Waals surface area contributed by atoms with E-state index >= 15 is 0 Å². The molecule has 0 saturated heterocycles. The molecule has 0 aliphatic heterocycles. The number of nitrogens with zero attached hydrogens (tertiary/aromatic N) is 3. The molecule has 1 unspecified atom stereocenters. The van der Waals surface area contributed by atoms with E-state index in [1.165, 1.54) is 17.3 Å². The van der Waals surface area contributed by atoms with Crippen molar-refractivity contribution < 1.29 is 0 Å². The van der Waals surface area contributed by atoms with Crippen LogP contribution in [0.3, 0.4) is 0 Å². The highest BCUT2D eigenvalue weighted by Gasteiger charge is 2.16. The normalized spacial score (nSPS) is 11.9. The van der Waals surface area contributed by atoms with Crippen molar-refractivity contribution in [2.75, 3.05) is 0 Å². The van der Waals surface area contributed by atoms with Gasteiger partial charge in [-0.05, 0) is 26.0 Å². The van der Waals surface area contributed by atoms with Crippen molar-refractivity contribution in [2.24, 2.45) is 0 Å². The molecule has 4 heteroatoms. The van der Waals surface area contributed by atoms with Crippen LogP contribution in [0.2, 0.25) is 0 Å². The number of nitriles is 1. The molecule has 3 nitrogen and oxygen atoms in total. The topological polar surface area (TPSA) is 41.6 Å². The third kappa shape index (κ3) is 3.30. The Morgan fingerprint density at radius 2 is 1.78 bits per heavy atom. The number of aromatic nitrogens is 2. The van der Waals surface area contributed by atoms with Crippen LogP contribution >= 0.6 is 11.8 Å². The van der Waals surface area contributed by atoms with Gasteiger partial charge in [0.25, 0.3) is 0 Å². The molecule has 23 heavy (non-hydrogen) atoms. The van der Waals surface area contributed by atoms with Crippen molar-refractivity contribution in [3.8, 4) is 23.0 Å². The molecule has 0 bridgehead atoms. The average molecular weight is 319 g/mol. The zero-order valence-corrected chi connectivity index (χ0v) is 13.9. The highest BCUT2D eigenvalue weighted by Crippen LogP contribution is 2.31. The number of hydrogen-bond donors (Lipinski definition) is 0. The lowest BCUT2D eigenvalue weighted by atomic mass is 10.1. The number of thioether (sulfide) groups is 1. The van der Waals surface area contributed by atoms with Gasteiger partial charge in [-0.3, -0.25) is 4.57 Å². The smallest absolute Gasteiger partial charge is 0.174 e. The van der Waals surface area contributed by atoms with E-state index in [-0.39, 0.29) is 5.25 Å². The second-order valence-corrected chi connectivity index (χ2v) is 6.66. The first-order chi connectivity index (χ1) is 11.2. The molecule has 0 aliphatic rings. The van der Waals surface area contributed by atoms with Crippen LogP contribution in [0, 0.1) is 18.3 Å². The highest BCUT2D eigenvalue weighted by atomic mass is 32.2. The monoisotopic (exact) mass is 319 g/mol. The fourth-order valence-corrected chi connectivity index (χ4v) is 3.15. The Bertz CT molecular complexity index is 829. The second-order valence-electron chi connectivity index (χ2n) is 5.35. The van der Waals surface area contributed by atoms with E-state index in [0.29, 0.717) is 0 Å². The maximum absolute atomic E-state index is 9.11. The minimum Gasteiger partial charge on any atom is -0.287 e. The molecule has 0 radical (unpaired) electrons. The zero-order chi connectivity index (χ0) is 16.2. The summed E-state index contributed by atoms with van der Waals surface area (Å²) in [5.74, 6) is 0.